The molecule has 3 N–H and O–H groups in total. The molecule has 4 nitrogen and oxygen atoms in total. The molecule has 2 aromatic carbocycles. The van der Waals surface area contributed by atoms with Crippen molar-refractivity contribution in [3.63, 3.8) is 0 Å². The second-order valence-corrected chi connectivity index (χ2v) is 6.38. The fourth-order valence-corrected chi connectivity index (χ4v) is 2.95. The maximum atomic E-state index is 12.5. The number of hydrogen-bond donors (Lipinski definition) is 2. The molecule has 0 fully saturated rings. The number of primary amides is 1. The lowest BCUT2D eigenvalue weighted by Crippen LogP contribution is -2.46. The largest absolute Gasteiger partial charge is 0.368 e. The van der Waals surface area contributed by atoms with Gasteiger partial charge in [0, 0.05) is 12.0 Å². The maximum Gasteiger partial charge on any atom is 0.251 e. The number of carbonyl (C=O) groups excluding carboxylic acids is 2. The normalized spacial score (nSPS) is 11.8. The predicted octanol–water partition coefficient (Wildman–Crippen LogP) is 2.75. The van der Waals surface area contributed by atoms with E-state index >= 15 is 0 Å². The Morgan fingerprint density at radius 2 is 1.54 bits per heavy atom. The van der Waals surface area contributed by atoms with E-state index in [1.54, 1.807) is 12.1 Å². The summed E-state index contributed by atoms with van der Waals surface area (Å²) in [4.78, 5) is 24.3. The molecule has 126 valence electrons. The minimum absolute atomic E-state index is 0.281. The molecule has 0 unspecified atom stereocenters. The third kappa shape index (κ3) is 4.22. The molecule has 0 aromatic heterocycles. The monoisotopic (exact) mass is 324 g/mol. The molecule has 0 aliphatic carbocycles. The molecule has 0 saturated heterocycles. The van der Waals surface area contributed by atoms with E-state index in [2.05, 4.69) is 5.32 Å². The molecule has 2 aromatic rings. The first-order valence-corrected chi connectivity index (χ1v) is 8.01. The van der Waals surface area contributed by atoms with E-state index in [0.717, 1.165) is 27.8 Å². The van der Waals surface area contributed by atoms with E-state index in [0.29, 0.717) is 12.0 Å². The fraction of sp³-hybridized carbons (Fsp3) is 0.300. The summed E-state index contributed by atoms with van der Waals surface area (Å²) in [5.74, 6) is -0.813. The molecule has 4 heteroatoms. The zero-order valence-corrected chi connectivity index (χ0v) is 14.6. The van der Waals surface area contributed by atoms with Gasteiger partial charge in [0.25, 0.3) is 5.91 Å². The van der Waals surface area contributed by atoms with Gasteiger partial charge in [0.05, 0.1) is 0 Å². The van der Waals surface area contributed by atoms with Crippen molar-refractivity contribution in [2.45, 2.75) is 40.2 Å². The number of hydrogen-bond acceptors (Lipinski definition) is 2. The van der Waals surface area contributed by atoms with Crippen molar-refractivity contribution in [1.29, 1.82) is 0 Å². The van der Waals surface area contributed by atoms with Crippen LogP contribution < -0.4 is 11.1 Å². The van der Waals surface area contributed by atoms with Gasteiger partial charge in [-0.25, -0.2) is 0 Å². The summed E-state index contributed by atoms with van der Waals surface area (Å²) in [7, 11) is 0. The summed E-state index contributed by atoms with van der Waals surface area (Å²) in [5.41, 5.74) is 11.3. The first-order chi connectivity index (χ1) is 11.3. The molecule has 0 saturated carbocycles. The Bertz CT molecular complexity index is 741. The second-order valence-electron chi connectivity index (χ2n) is 6.38. The average Bonchev–Trinajstić information content (AvgIpc) is 2.48. The summed E-state index contributed by atoms with van der Waals surface area (Å²) >= 11 is 0. The highest BCUT2D eigenvalue weighted by Crippen LogP contribution is 2.16. The smallest absolute Gasteiger partial charge is 0.251 e. The lowest BCUT2D eigenvalue weighted by molar-refractivity contribution is -0.119. The average molecular weight is 324 g/mol. The van der Waals surface area contributed by atoms with Gasteiger partial charge in [0.15, 0.2) is 0 Å². The minimum Gasteiger partial charge on any atom is -0.368 e. The van der Waals surface area contributed by atoms with Gasteiger partial charge in [0.1, 0.15) is 6.04 Å². The molecule has 2 amide bonds. The van der Waals surface area contributed by atoms with Crippen LogP contribution >= 0.6 is 0 Å². The van der Waals surface area contributed by atoms with E-state index < -0.39 is 11.9 Å². The number of amides is 2. The molecule has 24 heavy (non-hydrogen) atoms. The first kappa shape index (κ1) is 17.7. The Hall–Kier alpha value is -2.62. The first-order valence-electron chi connectivity index (χ1n) is 8.01. The second kappa shape index (κ2) is 7.30. The summed E-state index contributed by atoms with van der Waals surface area (Å²) in [5, 5.41) is 2.78. The zero-order valence-electron chi connectivity index (χ0n) is 14.6. The molecule has 2 rings (SSSR count). The number of aryl methyl sites for hydroxylation is 4. The van der Waals surface area contributed by atoms with Crippen LogP contribution in [0.25, 0.3) is 0 Å². The number of carbonyl (C=O) groups is 2. The van der Waals surface area contributed by atoms with Gasteiger partial charge in [-0.15, -0.1) is 0 Å². The Morgan fingerprint density at radius 3 is 2.04 bits per heavy atom. The minimum atomic E-state index is -0.738. The quantitative estimate of drug-likeness (QED) is 0.887. The van der Waals surface area contributed by atoms with Crippen LogP contribution in [-0.4, -0.2) is 17.9 Å². The van der Waals surface area contributed by atoms with Gasteiger partial charge in [-0.3, -0.25) is 9.59 Å². The Labute approximate surface area is 143 Å². The topological polar surface area (TPSA) is 72.2 Å². The summed E-state index contributed by atoms with van der Waals surface area (Å²) in [6, 6.07) is 10.8. The van der Waals surface area contributed by atoms with Gasteiger partial charge in [-0.1, -0.05) is 35.4 Å². The van der Waals surface area contributed by atoms with Crippen molar-refractivity contribution in [2.24, 2.45) is 5.73 Å². The van der Waals surface area contributed by atoms with Crippen LogP contribution in [0.5, 0.6) is 0 Å². The maximum absolute atomic E-state index is 12.5. The van der Waals surface area contributed by atoms with E-state index in [4.69, 9.17) is 5.73 Å². The van der Waals surface area contributed by atoms with E-state index in [-0.39, 0.29) is 5.91 Å². The van der Waals surface area contributed by atoms with Crippen LogP contribution in [0.15, 0.2) is 36.4 Å². The van der Waals surface area contributed by atoms with Gasteiger partial charge in [-0.2, -0.15) is 0 Å². The molecular formula is C20H24N2O2. The SMILES string of the molecule is Cc1cc(C)cc(C(=O)N[C@H](Cc2c(C)cccc2C)C(N)=O)c1. The molecule has 0 aliphatic rings. The standard InChI is InChI=1S/C20H24N2O2/c1-12-8-13(2)10-16(9-12)20(24)22-18(19(21)23)11-17-14(3)6-5-7-15(17)4/h5-10,18H,11H2,1-4H3,(H2,21,23)(H,22,24)/t18-/m1/s1. The lowest BCUT2D eigenvalue weighted by atomic mass is 9.96. The van der Waals surface area contributed by atoms with Crippen LogP contribution in [0.4, 0.5) is 0 Å². The molecule has 1 atom stereocenters. The van der Waals surface area contributed by atoms with Crippen molar-refractivity contribution in [1.82, 2.24) is 5.32 Å². The Morgan fingerprint density at radius 1 is 1.00 bits per heavy atom. The lowest BCUT2D eigenvalue weighted by Gasteiger charge is -2.18. The van der Waals surface area contributed by atoms with Crippen molar-refractivity contribution < 1.29 is 9.59 Å². The summed E-state index contributed by atoms with van der Waals surface area (Å²) < 4.78 is 0. The number of nitrogens with two attached hydrogens (primary N) is 1. The van der Waals surface area contributed by atoms with Crippen molar-refractivity contribution in [3.8, 4) is 0 Å². The van der Waals surface area contributed by atoms with Crippen molar-refractivity contribution >= 4 is 11.8 Å². The number of rotatable bonds is 5. The Balaban J connectivity index is 2.22. The number of benzene rings is 2. The van der Waals surface area contributed by atoms with E-state index in [1.165, 1.54) is 0 Å². The number of nitrogens with one attached hydrogen (secondary N) is 1. The van der Waals surface area contributed by atoms with Gasteiger partial charge < -0.3 is 11.1 Å². The molecule has 0 aliphatic heterocycles. The van der Waals surface area contributed by atoms with Crippen molar-refractivity contribution in [3.05, 3.63) is 69.8 Å². The molecule has 0 radical (unpaired) electrons. The third-order valence-corrected chi connectivity index (χ3v) is 4.19. The van der Waals surface area contributed by atoms with Crippen LogP contribution in [0.2, 0.25) is 0 Å². The predicted molar refractivity (Wildman–Crippen MR) is 96.0 cm³/mol. The fourth-order valence-electron chi connectivity index (χ4n) is 2.95. The van der Waals surface area contributed by atoms with Crippen LogP contribution in [0.1, 0.15) is 38.2 Å². The zero-order chi connectivity index (χ0) is 17.9. The van der Waals surface area contributed by atoms with Gasteiger partial charge >= 0.3 is 0 Å². The summed E-state index contributed by atoms with van der Waals surface area (Å²) in [6.45, 7) is 7.86. The molecule has 0 heterocycles. The Kier molecular flexibility index (Phi) is 5.39. The van der Waals surface area contributed by atoms with Crippen molar-refractivity contribution in [2.75, 3.05) is 0 Å². The van der Waals surface area contributed by atoms with Gasteiger partial charge in [0.2, 0.25) is 5.91 Å². The van der Waals surface area contributed by atoms with E-state index in [1.807, 2.05) is 52.0 Å². The highest BCUT2D eigenvalue weighted by molar-refractivity contribution is 5.97. The highest BCUT2D eigenvalue weighted by Gasteiger charge is 2.21. The summed E-state index contributed by atoms with van der Waals surface area (Å²) in [6.07, 6.45) is 0.393. The van der Waals surface area contributed by atoms with Gasteiger partial charge in [-0.05, 0) is 56.5 Å². The van der Waals surface area contributed by atoms with E-state index in [9.17, 15) is 9.59 Å². The van der Waals surface area contributed by atoms with Crippen LogP contribution in [0.3, 0.4) is 0 Å². The third-order valence-electron chi connectivity index (χ3n) is 4.19. The molecular weight excluding hydrogens is 300 g/mol. The van der Waals surface area contributed by atoms with Crippen LogP contribution in [0, 0.1) is 27.7 Å². The molecule has 0 bridgehead atoms. The highest BCUT2D eigenvalue weighted by atomic mass is 16.2. The van der Waals surface area contributed by atoms with Crippen LogP contribution in [-0.2, 0) is 11.2 Å². The molecule has 0 spiro atoms.